The zero-order valence-electron chi connectivity index (χ0n) is 5.94. The number of benzene rings is 1. The average molecular weight is 544 g/mol. The fraction of sp³-hybridized carbons (Fsp3) is 0.143. The molecule has 0 aliphatic rings. The molecule has 0 aliphatic carbocycles. The van der Waals surface area contributed by atoms with Gasteiger partial charge in [-0.25, -0.2) is 0 Å². The Balaban J connectivity index is 2.99. The molecule has 0 aromatic heterocycles. The molecule has 0 saturated carbocycles. The topological polar surface area (TPSA) is 0 Å². The van der Waals surface area contributed by atoms with Crippen molar-refractivity contribution in [1.29, 1.82) is 0 Å². The molecule has 1 aromatic carbocycles. The molecule has 1 aromatic rings. The molecule has 0 N–H and O–H groups in total. The number of halogens is 3. The number of aryl methyl sites for hydroxylation is 1. The van der Waals surface area contributed by atoms with Gasteiger partial charge in [0, 0.05) is 0 Å². The average Bonchev–Trinajstić information content (AvgIpc) is 1.86. The molecule has 0 bridgehead atoms. The molecular formula is C7H7GeI3. The molecule has 11 heavy (non-hydrogen) atoms. The Hall–Kier alpha value is 1.95. The van der Waals surface area contributed by atoms with Gasteiger partial charge in [-0.2, -0.15) is 0 Å². The van der Waals surface area contributed by atoms with Crippen LogP contribution in [0.4, 0.5) is 0 Å². The van der Waals surface area contributed by atoms with Crippen LogP contribution in [0.25, 0.3) is 0 Å². The van der Waals surface area contributed by atoms with Gasteiger partial charge in [-0.3, -0.25) is 0 Å². The fourth-order valence-corrected chi connectivity index (χ4v) is 7.49. The van der Waals surface area contributed by atoms with E-state index in [0.717, 1.165) is 0 Å². The minimum absolute atomic E-state index is 1.35. The molecule has 0 amide bonds. The van der Waals surface area contributed by atoms with Crippen molar-refractivity contribution in [1.82, 2.24) is 0 Å². The third-order valence-corrected chi connectivity index (χ3v) is 13.2. The summed E-state index contributed by atoms with van der Waals surface area (Å²) in [5.41, 5.74) is 1.35. The van der Waals surface area contributed by atoms with Crippen molar-refractivity contribution in [2.45, 2.75) is 6.92 Å². The molecule has 0 saturated heterocycles. The van der Waals surface area contributed by atoms with Crippen LogP contribution in [0.1, 0.15) is 5.56 Å². The zero-order valence-corrected chi connectivity index (χ0v) is 14.5. The molecule has 0 unspecified atom stereocenters. The molecule has 0 radical (unpaired) electrons. The van der Waals surface area contributed by atoms with E-state index in [-0.39, 0.29) is 0 Å². The first-order valence-corrected chi connectivity index (χ1v) is 23.4. The van der Waals surface area contributed by atoms with Gasteiger partial charge in [0.2, 0.25) is 0 Å². The van der Waals surface area contributed by atoms with Crippen LogP contribution in [0.2, 0.25) is 0 Å². The van der Waals surface area contributed by atoms with Crippen LogP contribution in [0, 0.1) is 6.92 Å². The summed E-state index contributed by atoms with van der Waals surface area (Å²) in [5, 5.41) is 0. The van der Waals surface area contributed by atoms with Crippen molar-refractivity contribution in [3.05, 3.63) is 29.8 Å². The van der Waals surface area contributed by atoms with Crippen molar-refractivity contribution in [2.24, 2.45) is 0 Å². The Kier molecular flexibility index (Phi) is 4.46. The van der Waals surface area contributed by atoms with Gasteiger partial charge in [0.15, 0.2) is 0 Å². The van der Waals surface area contributed by atoms with E-state index in [9.17, 15) is 0 Å². The van der Waals surface area contributed by atoms with Gasteiger partial charge in [0.25, 0.3) is 0 Å². The van der Waals surface area contributed by atoms with Crippen LogP contribution >= 0.6 is 60.6 Å². The summed E-state index contributed by atoms with van der Waals surface area (Å²) >= 11 is 7.85. The molecule has 1 rings (SSSR count). The van der Waals surface area contributed by atoms with E-state index in [2.05, 4.69) is 91.8 Å². The van der Waals surface area contributed by atoms with Gasteiger partial charge in [-0.1, -0.05) is 0 Å². The summed E-state index contributed by atoms with van der Waals surface area (Å²) in [6, 6.07) is 8.93. The first-order valence-electron chi connectivity index (χ1n) is 3.14. The molecule has 0 spiro atoms. The summed E-state index contributed by atoms with van der Waals surface area (Å²) < 4.78 is -0.0627. The number of rotatable bonds is 1. The Bertz CT molecular complexity index is 237. The van der Waals surface area contributed by atoms with Crippen LogP contribution in [0.3, 0.4) is 0 Å². The maximum absolute atomic E-state index is 2.62. The zero-order chi connectivity index (χ0) is 8.48. The standard InChI is InChI=1S/C7H7GeI3/c1-6-2-4-7(5-3-6)8(9,10)11/h2-5H,1H3. The summed E-state index contributed by atoms with van der Waals surface area (Å²) in [5.74, 6) is 0. The molecule has 0 heterocycles. The van der Waals surface area contributed by atoms with E-state index in [0.29, 0.717) is 0 Å². The maximum atomic E-state index is 2.62. The molecular weight excluding hydrogens is 537 g/mol. The molecule has 0 atom stereocenters. The predicted molar refractivity (Wildman–Crippen MR) is 78.6 cm³/mol. The second-order valence-electron chi connectivity index (χ2n) is 2.36. The normalized spacial score (nSPS) is 11.6. The van der Waals surface area contributed by atoms with E-state index in [1.54, 1.807) is 4.40 Å². The molecule has 0 fully saturated rings. The summed E-state index contributed by atoms with van der Waals surface area (Å²) in [7, 11) is 0. The van der Waals surface area contributed by atoms with E-state index in [1.165, 1.54) is 5.56 Å². The van der Waals surface area contributed by atoms with Crippen molar-refractivity contribution in [3.63, 3.8) is 0 Å². The summed E-state index contributed by atoms with van der Waals surface area (Å²) in [6.45, 7) is 2.13. The van der Waals surface area contributed by atoms with Crippen molar-refractivity contribution >= 4 is 68.4 Å². The second-order valence-corrected chi connectivity index (χ2v) is 63.1. The third-order valence-electron chi connectivity index (χ3n) is 1.38. The minimum atomic E-state index is -1.62. The molecule has 0 aliphatic heterocycles. The Morgan fingerprint density at radius 1 is 1.00 bits per heavy atom. The van der Waals surface area contributed by atoms with E-state index in [1.807, 2.05) is 0 Å². The van der Waals surface area contributed by atoms with Crippen LogP contribution in [-0.2, 0) is 0 Å². The Morgan fingerprint density at radius 3 is 1.82 bits per heavy atom. The van der Waals surface area contributed by atoms with Crippen LogP contribution in [-0.4, -0.2) is 3.34 Å². The van der Waals surface area contributed by atoms with E-state index < -0.39 is 3.34 Å². The predicted octanol–water partition coefficient (Wildman–Crippen LogP) is 3.45. The fourth-order valence-electron chi connectivity index (χ4n) is 0.743. The van der Waals surface area contributed by atoms with Crippen molar-refractivity contribution in [2.75, 3.05) is 0 Å². The Labute approximate surface area is 103 Å². The second kappa shape index (κ2) is 4.45. The van der Waals surface area contributed by atoms with Gasteiger partial charge >= 0.3 is 105 Å². The van der Waals surface area contributed by atoms with Crippen LogP contribution in [0.5, 0.6) is 0 Å². The SMILES string of the molecule is Cc1cc[c]([Ge]([I])([I])[I])cc1. The third kappa shape index (κ3) is 3.67. The van der Waals surface area contributed by atoms with Gasteiger partial charge in [-0.05, 0) is 0 Å². The van der Waals surface area contributed by atoms with Crippen LogP contribution < -0.4 is 4.40 Å². The van der Waals surface area contributed by atoms with Gasteiger partial charge in [-0.15, -0.1) is 0 Å². The quantitative estimate of drug-likeness (QED) is 0.376. The summed E-state index contributed by atoms with van der Waals surface area (Å²) in [6.07, 6.45) is 0. The van der Waals surface area contributed by atoms with Gasteiger partial charge in [0.05, 0.1) is 0 Å². The molecule has 4 heteroatoms. The van der Waals surface area contributed by atoms with Crippen LogP contribution in [0.15, 0.2) is 24.3 Å². The van der Waals surface area contributed by atoms with E-state index in [4.69, 9.17) is 0 Å². The summed E-state index contributed by atoms with van der Waals surface area (Å²) in [4.78, 5) is 0. The number of hydrogen-bond acceptors (Lipinski definition) is 0. The molecule has 60 valence electrons. The Morgan fingerprint density at radius 2 is 1.45 bits per heavy atom. The van der Waals surface area contributed by atoms with E-state index >= 15 is 0 Å². The first kappa shape index (κ1) is 11.0. The molecule has 0 nitrogen and oxygen atoms in total. The van der Waals surface area contributed by atoms with Crippen molar-refractivity contribution < 1.29 is 0 Å². The number of hydrogen-bond donors (Lipinski definition) is 0. The first-order chi connectivity index (χ1) is 5.00. The van der Waals surface area contributed by atoms with Gasteiger partial charge < -0.3 is 0 Å². The van der Waals surface area contributed by atoms with Gasteiger partial charge in [0.1, 0.15) is 0 Å². The van der Waals surface area contributed by atoms with Crippen molar-refractivity contribution in [3.8, 4) is 0 Å². The monoisotopic (exact) mass is 546 g/mol.